The molecule has 0 aromatic carbocycles. The molecule has 0 aromatic rings. The fourth-order valence-electron chi connectivity index (χ4n) is 9.20. The van der Waals surface area contributed by atoms with Gasteiger partial charge in [-0.25, -0.2) is 9.13 Å². The Hall–Kier alpha value is -6.62. The van der Waals surface area contributed by atoms with Crippen LogP contribution in [-0.2, 0) is 65.4 Å². The lowest BCUT2D eigenvalue weighted by molar-refractivity contribution is -0.161. The van der Waals surface area contributed by atoms with Gasteiger partial charge >= 0.3 is 39.5 Å². The highest BCUT2D eigenvalue weighted by Gasteiger charge is 2.30. The van der Waals surface area contributed by atoms with Gasteiger partial charge in [0, 0.05) is 19.3 Å². The molecule has 594 valence electrons. The lowest BCUT2D eigenvalue weighted by Gasteiger charge is -2.21. The van der Waals surface area contributed by atoms with Crippen molar-refractivity contribution in [1.82, 2.24) is 0 Å². The number of esters is 4. The van der Waals surface area contributed by atoms with Gasteiger partial charge in [-0.15, -0.1) is 0 Å². The van der Waals surface area contributed by atoms with E-state index in [1.165, 1.54) is 0 Å². The molecule has 17 nitrogen and oxygen atoms in total. The van der Waals surface area contributed by atoms with Crippen LogP contribution < -0.4 is 0 Å². The van der Waals surface area contributed by atoms with Crippen LogP contribution in [0.1, 0.15) is 246 Å². The molecular formula is C87H134O17P2. The van der Waals surface area contributed by atoms with E-state index in [0.29, 0.717) is 38.5 Å². The smallest absolute Gasteiger partial charge is 0.462 e. The van der Waals surface area contributed by atoms with Crippen molar-refractivity contribution in [2.24, 2.45) is 0 Å². The first-order valence-electron chi connectivity index (χ1n) is 39.0. The zero-order valence-corrected chi connectivity index (χ0v) is 66.5. The molecule has 0 spiro atoms. The Morgan fingerprint density at radius 2 is 0.509 bits per heavy atom. The van der Waals surface area contributed by atoms with Gasteiger partial charge in [-0.2, -0.15) is 0 Å². The van der Waals surface area contributed by atoms with E-state index in [0.717, 1.165) is 154 Å². The molecule has 0 heterocycles. The summed E-state index contributed by atoms with van der Waals surface area (Å²) in [5, 5.41) is 10.6. The summed E-state index contributed by atoms with van der Waals surface area (Å²) in [6, 6.07) is 0. The predicted molar refractivity (Wildman–Crippen MR) is 435 cm³/mol. The van der Waals surface area contributed by atoms with Crippen molar-refractivity contribution in [3.63, 3.8) is 0 Å². The molecule has 5 atom stereocenters. The Morgan fingerprint density at radius 1 is 0.274 bits per heavy atom. The number of carbonyl (C=O) groups excluding carboxylic acids is 4. The fraction of sp³-hybridized carbons (Fsp3) is 0.540. The van der Waals surface area contributed by atoms with Crippen LogP contribution in [0.3, 0.4) is 0 Å². The van der Waals surface area contributed by atoms with Crippen molar-refractivity contribution in [2.45, 2.75) is 264 Å². The molecule has 0 radical (unpaired) electrons. The molecule has 0 bridgehead atoms. The minimum absolute atomic E-state index is 0.00822. The molecule has 3 N–H and O–H groups in total. The number of carbonyl (C=O) groups is 4. The van der Waals surface area contributed by atoms with Crippen LogP contribution in [0.5, 0.6) is 0 Å². The molecule has 0 aliphatic carbocycles. The van der Waals surface area contributed by atoms with Gasteiger partial charge in [-0.1, -0.05) is 279 Å². The molecule has 0 saturated heterocycles. The van der Waals surface area contributed by atoms with E-state index in [2.05, 4.69) is 198 Å². The average molecular weight is 1510 g/mol. The Bertz CT molecular complexity index is 2880. The summed E-state index contributed by atoms with van der Waals surface area (Å²) < 4.78 is 68.3. The predicted octanol–water partition coefficient (Wildman–Crippen LogP) is 22.9. The van der Waals surface area contributed by atoms with Gasteiger partial charge in [0.05, 0.1) is 32.8 Å². The van der Waals surface area contributed by atoms with Gasteiger partial charge in [0.1, 0.15) is 19.3 Å². The van der Waals surface area contributed by atoms with Crippen molar-refractivity contribution in [2.75, 3.05) is 39.6 Å². The summed E-state index contributed by atoms with van der Waals surface area (Å²) in [5.41, 5.74) is 0. The summed E-state index contributed by atoms with van der Waals surface area (Å²) in [7, 11) is -10.1. The second-order valence-electron chi connectivity index (χ2n) is 24.8. The van der Waals surface area contributed by atoms with Crippen LogP contribution in [0.2, 0.25) is 0 Å². The van der Waals surface area contributed by atoms with Crippen LogP contribution in [0, 0.1) is 0 Å². The number of aliphatic hydroxyl groups excluding tert-OH is 1. The molecule has 0 aromatic heterocycles. The van der Waals surface area contributed by atoms with Gasteiger partial charge in [0.25, 0.3) is 0 Å². The third-order valence-electron chi connectivity index (χ3n) is 15.0. The molecule has 0 aliphatic heterocycles. The largest absolute Gasteiger partial charge is 0.472 e. The minimum atomic E-state index is -5.03. The van der Waals surface area contributed by atoms with Crippen molar-refractivity contribution in [3.8, 4) is 0 Å². The van der Waals surface area contributed by atoms with E-state index in [1.54, 1.807) is 12.2 Å². The Morgan fingerprint density at radius 3 is 0.830 bits per heavy atom. The number of rotatable bonds is 70. The highest BCUT2D eigenvalue weighted by atomic mass is 31.2. The quantitative estimate of drug-likeness (QED) is 0.0169. The van der Waals surface area contributed by atoms with Crippen molar-refractivity contribution in [1.29, 1.82) is 0 Å². The van der Waals surface area contributed by atoms with Gasteiger partial charge in [-0.3, -0.25) is 37.3 Å². The zero-order chi connectivity index (χ0) is 77.4. The third-order valence-corrected chi connectivity index (χ3v) is 16.9. The van der Waals surface area contributed by atoms with E-state index < -0.39 is 97.5 Å². The number of aliphatic hydroxyl groups is 1. The molecule has 0 rings (SSSR count). The lowest BCUT2D eigenvalue weighted by atomic mass is 10.1. The first kappa shape index (κ1) is 99.4. The molecule has 0 aliphatic rings. The van der Waals surface area contributed by atoms with Gasteiger partial charge in [0.2, 0.25) is 0 Å². The first-order valence-corrected chi connectivity index (χ1v) is 42.0. The number of hydrogen-bond acceptors (Lipinski definition) is 15. The van der Waals surface area contributed by atoms with E-state index in [4.69, 9.17) is 37.0 Å². The molecule has 0 fully saturated rings. The second-order valence-corrected chi connectivity index (χ2v) is 27.7. The first-order chi connectivity index (χ1) is 51.7. The van der Waals surface area contributed by atoms with Gasteiger partial charge < -0.3 is 33.8 Å². The number of hydrogen-bond donors (Lipinski definition) is 3. The lowest BCUT2D eigenvalue weighted by Crippen LogP contribution is -2.30. The van der Waals surface area contributed by atoms with E-state index >= 15 is 0 Å². The van der Waals surface area contributed by atoms with Crippen molar-refractivity contribution in [3.05, 3.63) is 219 Å². The van der Waals surface area contributed by atoms with Crippen LogP contribution >= 0.6 is 15.6 Å². The van der Waals surface area contributed by atoms with Crippen LogP contribution in [0.25, 0.3) is 0 Å². The number of unbranched alkanes of at least 4 members (excludes halogenated alkanes) is 9. The molecule has 0 amide bonds. The highest BCUT2D eigenvalue weighted by molar-refractivity contribution is 7.47. The van der Waals surface area contributed by atoms with Crippen LogP contribution in [-0.4, -0.2) is 96.7 Å². The maximum absolute atomic E-state index is 13.1. The summed E-state index contributed by atoms with van der Waals surface area (Å²) >= 11 is 0. The number of allylic oxidation sites excluding steroid dienone is 35. The van der Waals surface area contributed by atoms with E-state index in [1.807, 2.05) is 36.5 Å². The highest BCUT2D eigenvalue weighted by Crippen LogP contribution is 2.45. The molecular weight excluding hydrogens is 1380 g/mol. The van der Waals surface area contributed by atoms with E-state index in [9.17, 15) is 43.2 Å². The number of ether oxygens (including phenoxy) is 4. The van der Waals surface area contributed by atoms with Crippen molar-refractivity contribution < 1.29 is 80.2 Å². The van der Waals surface area contributed by atoms with Crippen LogP contribution in [0.15, 0.2) is 219 Å². The summed E-state index contributed by atoms with van der Waals surface area (Å²) in [5.74, 6) is -2.50. The molecule has 0 saturated carbocycles. The van der Waals surface area contributed by atoms with E-state index in [-0.39, 0.29) is 25.7 Å². The topological polar surface area (TPSA) is 237 Å². The summed E-state index contributed by atoms with van der Waals surface area (Å²) in [4.78, 5) is 72.9. The zero-order valence-electron chi connectivity index (χ0n) is 64.8. The normalized spacial score (nSPS) is 15.0. The summed E-state index contributed by atoms with van der Waals surface area (Å²) in [6.07, 6.45) is 96.9. The SMILES string of the molecule is CC/C=C\C/C=C\C/C=C\C/C=C\C/C=C\CCCC(=O)OCC(COP(=O)(O)OCC(O)COP(=O)(O)OCC(COC(=O)CCCCCCCCC/C=C\C/C=C\C/C=C\CC)OC(=O)C/C=C\C/C=C\C/C=C\C/C=C\C/C=C\CC)OC(=O)CCC/C=C\C/C=C\C/C=C\C/C=C\C/C=C\CC. The summed E-state index contributed by atoms with van der Waals surface area (Å²) in [6.45, 7) is 4.11. The average Bonchev–Trinajstić information content (AvgIpc) is 0.902. The third kappa shape index (κ3) is 75.6. The number of phosphoric ester groups is 2. The van der Waals surface area contributed by atoms with Gasteiger partial charge in [-0.05, 0) is 161 Å². The minimum Gasteiger partial charge on any atom is -0.462 e. The Balaban J connectivity index is 5.57. The maximum Gasteiger partial charge on any atom is 0.472 e. The van der Waals surface area contributed by atoms with Gasteiger partial charge in [0.15, 0.2) is 12.2 Å². The fourth-order valence-corrected chi connectivity index (χ4v) is 10.8. The second kappa shape index (κ2) is 76.6. The standard InChI is InChI=1S/C87H134O17P2/c1-5-9-13-17-21-25-29-33-37-40-44-47-51-55-59-63-67-71-84(89)97-77-82(103-86(91)73-69-65-61-57-53-49-43-36-32-28-24-20-16-12-8-4)79-101-105(93,94)99-75-81(88)76-100-106(95,96)102-80-83(104-87(92)74-70-66-62-58-54-50-46-42-39-35-31-27-23-19-15-11-7-3)78-98-85(90)72-68-64-60-56-52-48-45-41-38-34-30-26-22-18-14-10-6-2/h9-16,21-28,33-39,43,45-46,48,50,53,56-58,60,62,65,69,81-83,88H,5-8,17-20,29-32,40-42,44,47,49,51-52,54-55,59,61,63-64,66-68,70-80H2,1-4H3,(H,93,94)(H,95,96)/b13-9-,14-10-,15-11-,16-12-,25-21-,26-22-,27-23-,28-24-,37-33-,38-34-,39-35-,43-36-,48-45-,50-46-,57-53-,60-56-,62-58-,69-65-. The number of phosphoric acid groups is 2. The van der Waals surface area contributed by atoms with Crippen LogP contribution in [0.4, 0.5) is 0 Å². The Labute approximate surface area is 639 Å². The molecule has 5 unspecified atom stereocenters. The van der Waals surface area contributed by atoms with Crippen molar-refractivity contribution >= 4 is 39.5 Å². The maximum atomic E-state index is 13.1. The molecule has 106 heavy (non-hydrogen) atoms. The Kier molecular flexibility index (Phi) is 71.8. The molecule has 19 heteroatoms. The monoisotopic (exact) mass is 1510 g/mol.